The molecule has 0 aliphatic rings. The van der Waals surface area contributed by atoms with Crippen LogP contribution in [0, 0.1) is 0 Å². The molecule has 12 aromatic rings. The molecule has 0 radical (unpaired) electrons. The van der Waals surface area contributed by atoms with Gasteiger partial charge in [0, 0.05) is 43.6 Å². The first-order valence-corrected chi connectivity index (χ1v) is 18.6. The van der Waals surface area contributed by atoms with Crippen molar-refractivity contribution in [3.63, 3.8) is 0 Å². The molecule has 55 heavy (non-hydrogen) atoms. The molecule has 0 aliphatic heterocycles. The molecule has 256 valence electrons. The smallest absolute Gasteiger partial charge is 0.236 e. The molecule has 0 fully saturated rings. The summed E-state index contributed by atoms with van der Waals surface area (Å²) in [7, 11) is 0. The first-order chi connectivity index (χ1) is 27.3. The van der Waals surface area contributed by atoms with Gasteiger partial charge in [0.05, 0.1) is 22.1 Å². The highest BCUT2D eigenvalue weighted by atomic mass is 16.3. The first kappa shape index (κ1) is 30.0. The zero-order valence-corrected chi connectivity index (χ0v) is 29.5. The fraction of sp³-hybridized carbons (Fsp3) is 0. The second-order valence-corrected chi connectivity index (χ2v) is 14.2. The number of fused-ring (bicyclic) bond motifs is 11. The van der Waals surface area contributed by atoms with Crippen LogP contribution < -0.4 is 0 Å². The molecule has 8 aromatic carbocycles. The van der Waals surface area contributed by atoms with Crippen molar-refractivity contribution >= 4 is 76.5 Å². The van der Waals surface area contributed by atoms with Crippen LogP contribution in [0.25, 0.3) is 110 Å². The zero-order valence-electron chi connectivity index (χ0n) is 29.5. The normalized spacial score (nSPS) is 12.0. The van der Waals surface area contributed by atoms with Crippen LogP contribution in [0.1, 0.15) is 0 Å². The Balaban J connectivity index is 1.09. The number of benzene rings is 8. The minimum absolute atomic E-state index is 0.608. The van der Waals surface area contributed by atoms with E-state index in [1.807, 2.05) is 18.2 Å². The summed E-state index contributed by atoms with van der Waals surface area (Å²) >= 11 is 0. The first-order valence-electron chi connectivity index (χ1n) is 18.6. The van der Waals surface area contributed by atoms with Gasteiger partial charge >= 0.3 is 0 Å². The lowest BCUT2D eigenvalue weighted by atomic mass is 10.0. The summed E-state index contributed by atoms with van der Waals surface area (Å²) in [6.45, 7) is 0. The molecule has 12 rings (SSSR count). The maximum atomic E-state index is 6.71. The van der Waals surface area contributed by atoms with Crippen molar-refractivity contribution in [2.75, 3.05) is 0 Å². The molecule has 0 amide bonds. The maximum absolute atomic E-state index is 6.71. The molecule has 5 nitrogen and oxygen atoms in total. The van der Waals surface area contributed by atoms with E-state index in [4.69, 9.17) is 14.4 Å². The average Bonchev–Trinajstić information content (AvgIpc) is 3.91. The van der Waals surface area contributed by atoms with Gasteiger partial charge in [0.15, 0.2) is 5.58 Å². The van der Waals surface area contributed by atoms with Crippen LogP contribution >= 0.6 is 0 Å². The Kier molecular flexibility index (Phi) is 6.27. The molecule has 0 atom stereocenters. The van der Waals surface area contributed by atoms with E-state index in [9.17, 15) is 0 Å². The number of nitrogens with zero attached hydrogens (tertiary/aromatic N) is 4. The number of furan rings is 1. The van der Waals surface area contributed by atoms with Crippen LogP contribution in [-0.4, -0.2) is 19.1 Å². The molecule has 0 saturated heterocycles. The summed E-state index contributed by atoms with van der Waals surface area (Å²) < 4.78 is 11.3. The van der Waals surface area contributed by atoms with Crippen molar-refractivity contribution in [2.24, 2.45) is 0 Å². The summed E-state index contributed by atoms with van der Waals surface area (Å²) in [4.78, 5) is 10.6. The minimum Gasteiger partial charge on any atom is -0.451 e. The Morgan fingerprint density at radius 2 is 0.927 bits per heavy atom. The summed E-state index contributed by atoms with van der Waals surface area (Å²) in [5, 5.41) is 7.93. The van der Waals surface area contributed by atoms with Gasteiger partial charge < -0.3 is 8.98 Å². The van der Waals surface area contributed by atoms with Crippen molar-refractivity contribution in [3.05, 3.63) is 182 Å². The predicted molar refractivity (Wildman–Crippen MR) is 226 cm³/mol. The van der Waals surface area contributed by atoms with Crippen LogP contribution in [-0.2, 0) is 0 Å². The fourth-order valence-corrected chi connectivity index (χ4v) is 8.63. The van der Waals surface area contributed by atoms with Crippen molar-refractivity contribution < 1.29 is 4.42 Å². The Morgan fingerprint density at radius 1 is 0.364 bits per heavy atom. The van der Waals surface area contributed by atoms with Crippen LogP contribution in [0.15, 0.2) is 186 Å². The van der Waals surface area contributed by atoms with E-state index in [2.05, 4.69) is 173 Å². The van der Waals surface area contributed by atoms with Crippen LogP contribution in [0.4, 0.5) is 0 Å². The molecule has 5 heteroatoms. The quantitative estimate of drug-likeness (QED) is 0.183. The summed E-state index contributed by atoms with van der Waals surface area (Å²) in [5.41, 5.74) is 12.0. The van der Waals surface area contributed by atoms with E-state index in [0.29, 0.717) is 11.5 Å². The van der Waals surface area contributed by atoms with Crippen LogP contribution in [0.3, 0.4) is 0 Å². The SMILES string of the molecule is c1ccc(-c2nc(-n3c4ccccc4c4cc(-c5ccc6c(c5)c5ccccc5n6-c5ccccc5)ccc43)nc3c2oc2c4ccccc4ccc32)cc1. The minimum atomic E-state index is 0.608. The van der Waals surface area contributed by atoms with Gasteiger partial charge in [-0.15, -0.1) is 0 Å². The van der Waals surface area contributed by atoms with Crippen LogP contribution in [0.2, 0.25) is 0 Å². The standard InChI is InChI=1S/C50H30N4O/c1-3-14-32(15-4-1)46-49-47(39-26-23-31-13-7-8-18-36(31)48(39)55-49)52-50(51-46)54-43-22-12-10-20-38(43)41-30-34(25-28-45(41)54)33-24-27-44-40(29-33)37-19-9-11-21-42(37)53(44)35-16-5-2-6-17-35/h1-30H. The van der Waals surface area contributed by atoms with Crippen molar-refractivity contribution in [1.82, 2.24) is 19.1 Å². The van der Waals surface area contributed by atoms with Gasteiger partial charge in [0.1, 0.15) is 16.8 Å². The average molecular weight is 703 g/mol. The lowest BCUT2D eigenvalue weighted by Crippen LogP contribution is -2.02. The number of para-hydroxylation sites is 3. The highest BCUT2D eigenvalue weighted by Gasteiger charge is 2.22. The summed E-state index contributed by atoms with van der Waals surface area (Å²) in [6, 6.07) is 64.4. The third kappa shape index (κ3) is 4.41. The molecule has 4 aromatic heterocycles. The molecule has 4 heterocycles. The van der Waals surface area contributed by atoms with Gasteiger partial charge in [0.2, 0.25) is 5.95 Å². The highest BCUT2D eigenvalue weighted by molar-refractivity contribution is 6.16. The number of aromatic nitrogens is 4. The van der Waals surface area contributed by atoms with E-state index >= 15 is 0 Å². The van der Waals surface area contributed by atoms with Gasteiger partial charge in [-0.05, 0) is 71.1 Å². The lowest BCUT2D eigenvalue weighted by Gasteiger charge is -2.10. The number of rotatable bonds is 4. The number of hydrogen-bond acceptors (Lipinski definition) is 3. The lowest BCUT2D eigenvalue weighted by molar-refractivity contribution is 0.670. The Hall–Kier alpha value is -7.50. The van der Waals surface area contributed by atoms with Crippen molar-refractivity contribution in [2.45, 2.75) is 0 Å². The van der Waals surface area contributed by atoms with Gasteiger partial charge in [-0.3, -0.25) is 4.57 Å². The third-order valence-electron chi connectivity index (χ3n) is 11.1. The zero-order chi connectivity index (χ0) is 36.0. The Labute approximate surface area is 315 Å². The molecule has 0 unspecified atom stereocenters. The summed E-state index contributed by atoms with van der Waals surface area (Å²) in [6.07, 6.45) is 0. The van der Waals surface area contributed by atoms with E-state index in [1.54, 1.807) is 0 Å². The van der Waals surface area contributed by atoms with E-state index in [-0.39, 0.29) is 0 Å². The topological polar surface area (TPSA) is 48.8 Å². The molecule has 0 saturated carbocycles. The van der Waals surface area contributed by atoms with Crippen molar-refractivity contribution in [3.8, 4) is 34.0 Å². The molecule has 0 aliphatic carbocycles. The third-order valence-corrected chi connectivity index (χ3v) is 11.1. The van der Waals surface area contributed by atoms with E-state index < -0.39 is 0 Å². The van der Waals surface area contributed by atoms with Gasteiger partial charge in [0.25, 0.3) is 0 Å². The van der Waals surface area contributed by atoms with Gasteiger partial charge in [-0.1, -0.05) is 127 Å². The molecular weight excluding hydrogens is 673 g/mol. The molecule has 0 spiro atoms. The maximum Gasteiger partial charge on any atom is 0.236 e. The molecule has 0 N–H and O–H groups in total. The Bertz CT molecular complexity index is 3480. The highest BCUT2D eigenvalue weighted by Crippen LogP contribution is 2.41. The van der Waals surface area contributed by atoms with Gasteiger partial charge in [-0.25, -0.2) is 9.97 Å². The van der Waals surface area contributed by atoms with Crippen molar-refractivity contribution in [1.29, 1.82) is 0 Å². The largest absolute Gasteiger partial charge is 0.451 e. The Morgan fingerprint density at radius 3 is 1.64 bits per heavy atom. The van der Waals surface area contributed by atoms with E-state index in [1.165, 1.54) is 27.4 Å². The van der Waals surface area contributed by atoms with Gasteiger partial charge in [-0.2, -0.15) is 0 Å². The fourth-order valence-electron chi connectivity index (χ4n) is 8.63. The molecular formula is C50H30N4O. The number of hydrogen-bond donors (Lipinski definition) is 0. The van der Waals surface area contributed by atoms with E-state index in [0.717, 1.165) is 71.6 Å². The second kappa shape index (κ2) is 11.5. The predicted octanol–water partition coefficient (Wildman–Crippen LogP) is 13.1. The summed E-state index contributed by atoms with van der Waals surface area (Å²) in [5.74, 6) is 0.608. The molecule has 0 bridgehead atoms. The monoisotopic (exact) mass is 702 g/mol. The van der Waals surface area contributed by atoms with Crippen LogP contribution in [0.5, 0.6) is 0 Å². The second-order valence-electron chi connectivity index (χ2n) is 14.2.